The maximum absolute atomic E-state index is 11.5. The summed E-state index contributed by atoms with van der Waals surface area (Å²) < 4.78 is 0. The number of fused-ring (bicyclic) bond motifs is 1. The Bertz CT molecular complexity index is 405. The summed E-state index contributed by atoms with van der Waals surface area (Å²) in [4.78, 5) is 11.5. The van der Waals surface area contributed by atoms with E-state index in [2.05, 4.69) is 5.32 Å². The second kappa shape index (κ2) is 2.97. The van der Waals surface area contributed by atoms with Crippen molar-refractivity contribution >= 4 is 23.2 Å². The third kappa shape index (κ3) is 1.13. The Labute approximate surface area is 86.7 Å². The lowest BCUT2D eigenvalue weighted by molar-refractivity contribution is -0.133. The number of hydrogen-bond donors (Lipinski definition) is 2. The molecular formula is C10H10ClNO2. The van der Waals surface area contributed by atoms with Crippen molar-refractivity contribution in [2.24, 2.45) is 0 Å². The zero-order valence-electron chi connectivity index (χ0n) is 7.67. The van der Waals surface area contributed by atoms with Crippen LogP contribution in [0.2, 0.25) is 5.02 Å². The Kier molecular flexibility index (Phi) is 2.01. The van der Waals surface area contributed by atoms with Crippen LogP contribution in [-0.4, -0.2) is 11.0 Å². The maximum Gasteiger partial charge on any atom is 0.261 e. The summed E-state index contributed by atoms with van der Waals surface area (Å²) in [6.07, 6.45) is 0.339. The molecule has 1 aliphatic heterocycles. The molecule has 2 N–H and O–H groups in total. The monoisotopic (exact) mass is 211 g/mol. The van der Waals surface area contributed by atoms with E-state index in [9.17, 15) is 9.90 Å². The van der Waals surface area contributed by atoms with Crippen LogP contribution in [0.5, 0.6) is 0 Å². The van der Waals surface area contributed by atoms with Gasteiger partial charge in [-0.3, -0.25) is 4.79 Å². The molecule has 1 heterocycles. The summed E-state index contributed by atoms with van der Waals surface area (Å²) in [6.45, 7) is 1.76. The minimum atomic E-state index is -1.42. The highest BCUT2D eigenvalue weighted by Crippen LogP contribution is 2.39. The molecule has 14 heavy (non-hydrogen) atoms. The number of hydrogen-bond acceptors (Lipinski definition) is 2. The number of carbonyl (C=O) groups excluding carboxylic acids is 1. The molecule has 1 aromatic rings. The molecule has 4 heteroatoms. The fourth-order valence-corrected chi connectivity index (χ4v) is 1.84. The summed E-state index contributed by atoms with van der Waals surface area (Å²) >= 11 is 5.81. The van der Waals surface area contributed by atoms with Crippen molar-refractivity contribution in [1.82, 2.24) is 0 Å². The first kappa shape index (κ1) is 9.49. The summed E-state index contributed by atoms with van der Waals surface area (Å²) in [5.41, 5.74) is -0.207. The van der Waals surface area contributed by atoms with Crippen LogP contribution in [0.4, 0.5) is 5.69 Å². The molecule has 0 saturated carbocycles. The van der Waals surface area contributed by atoms with Crippen LogP contribution >= 0.6 is 11.6 Å². The van der Waals surface area contributed by atoms with Crippen LogP contribution < -0.4 is 5.32 Å². The highest BCUT2D eigenvalue weighted by atomic mass is 35.5. The van der Waals surface area contributed by atoms with Crippen molar-refractivity contribution < 1.29 is 9.90 Å². The lowest BCUT2D eigenvalue weighted by atomic mass is 9.93. The van der Waals surface area contributed by atoms with Gasteiger partial charge in [0.1, 0.15) is 0 Å². The highest BCUT2D eigenvalue weighted by Gasteiger charge is 2.43. The number of anilines is 1. The lowest BCUT2D eigenvalue weighted by Crippen LogP contribution is -2.33. The van der Waals surface area contributed by atoms with Crippen LogP contribution in [0.1, 0.15) is 18.9 Å². The van der Waals surface area contributed by atoms with Gasteiger partial charge in [0.2, 0.25) is 0 Å². The first-order valence-electron chi connectivity index (χ1n) is 4.42. The summed E-state index contributed by atoms with van der Waals surface area (Å²) in [5, 5.41) is 13.2. The first-order valence-corrected chi connectivity index (χ1v) is 4.79. The van der Waals surface area contributed by atoms with Gasteiger partial charge in [0.25, 0.3) is 5.91 Å². The van der Waals surface area contributed by atoms with E-state index in [1.807, 2.05) is 0 Å². The molecule has 74 valence electrons. The van der Waals surface area contributed by atoms with Crippen LogP contribution in [-0.2, 0) is 10.4 Å². The molecule has 0 bridgehead atoms. The van der Waals surface area contributed by atoms with Gasteiger partial charge < -0.3 is 10.4 Å². The Balaban J connectivity index is 2.61. The third-order valence-corrected chi connectivity index (χ3v) is 2.80. The Morgan fingerprint density at radius 3 is 2.93 bits per heavy atom. The van der Waals surface area contributed by atoms with E-state index >= 15 is 0 Å². The van der Waals surface area contributed by atoms with E-state index in [-0.39, 0.29) is 5.91 Å². The van der Waals surface area contributed by atoms with Gasteiger partial charge in [0.15, 0.2) is 5.60 Å². The van der Waals surface area contributed by atoms with Crippen molar-refractivity contribution in [2.75, 3.05) is 5.32 Å². The molecule has 0 saturated heterocycles. The predicted molar refractivity (Wildman–Crippen MR) is 54.3 cm³/mol. The van der Waals surface area contributed by atoms with Gasteiger partial charge >= 0.3 is 0 Å². The molecule has 1 unspecified atom stereocenters. The summed E-state index contributed by atoms with van der Waals surface area (Å²) in [5.74, 6) is -0.378. The smallest absolute Gasteiger partial charge is 0.261 e. The predicted octanol–water partition coefficient (Wildman–Crippen LogP) is 1.89. The van der Waals surface area contributed by atoms with E-state index in [0.717, 1.165) is 0 Å². The number of nitrogens with one attached hydrogen (secondary N) is 1. The van der Waals surface area contributed by atoms with Gasteiger partial charge in [-0.2, -0.15) is 0 Å². The van der Waals surface area contributed by atoms with Gasteiger partial charge in [-0.05, 0) is 24.6 Å². The maximum atomic E-state index is 11.5. The fourth-order valence-electron chi connectivity index (χ4n) is 1.67. The van der Waals surface area contributed by atoms with Gasteiger partial charge in [-0.1, -0.05) is 18.5 Å². The highest BCUT2D eigenvalue weighted by molar-refractivity contribution is 6.31. The first-order chi connectivity index (χ1) is 6.58. The molecule has 1 aliphatic rings. The quantitative estimate of drug-likeness (QED) is 0.745. The lowest BCUT2D eigenvalue weighted by Gasteiger charge is -2.18. The molecule has 1 amide bonds. The molecule has 0 spiro atoms. The van der Waals surface area contributed by atoms with Crippen LogP contribution in [0.3, 0.4) is 0 Å². The second-order valence-corrected chi connectivity index (χ2v) is 3.79. The molecule has 1 atom stereocenters. The number of benzene rings is 1. The summed E-state index contributed by atoms with van der Waals surface area (Å²) in [6, 6.07) is 5.00. The topological polar surface area (TPSA) is 49.3 Å². The van der Waals surface area contributed by atoms with E-state index in [1.54, 1.807) is 25.1 Å². The van der Waals surface area contributed by atoms with Crippen molar-refractivity contribution in [3.8, 4) is 0 Å². The standard InChI is InChI=1S/C10H10ClNO2/c1-2-10(14)7-5-6(11)3-4-8(7)12-9(10)13/h3-5,14H,2H2,1H3,(H,12,13). The largest absolute Gasteiger partial charge is 0.375 e. The van der Waals surface area contributed by atoms with Crippen LogP contribution in [0.25, 0.3) is 0 Å². The van der Waals surface area contributed by atoms with E-state index in [4.69, 9.17) is 11.6 Å². The molecule has 3 nitrogen and oxygen atoms in total. The minimum absolute atomic E-state index is 0.339. The second-order valence-electron chi connectivity index (χ2n) is 3.36. The fraction of sp³-hybridized carbons (Fsp3) is 0.300. The average molecular weight is 212 g/mol. The third-order valence-electron chi connectivity index (χ3n) is 2.56. The normalized spacial score (nSPS) is 24.6. The van der Waals surface area contributed by atoms with Crippen molar-refractivity contribution in [2.45, 2.75) is 18.9 Å². The van der Waals surface area contributed by atoms with E-state index in [0.29, 0.717) is 22.7 Å². The van der Waals surface area contributed by atoms with Gasteiger partial charge in [-0.15, -0.1) is 0 Å². The van der Waals surface area contributed by atoms with Gasteiger partial charge in [0, 0.05) is 16.3 Å². The minimum Gasteiger partial charge on any atom is -0.375 e. The number of halogens is 1. The zero-order chi connectivity index (χ0) is 10.3. The molecule has 0 fully saturated rings. The molecule has 0 aliphatic carbocycles. The van der Waals surface area contributed by atoms with Crippen molar-refractivity contribution in [1.29, 1.82) is 0 Å². The van der Waals surface area contributed by atoms with E-state index < -0.39 is 5.60 Å². The molecule has 0 aromatic heterocycles. The Morgan fingerprint density at radius 1 is 1.57 bits per heavy atom. The SMILES string of the molecule is CCC1(O)C(=O)Nc2ccc(Cl)cc21. The number of rotatable bonds is 1. The van der Waals surface area contributed by atoms with Crippen molar-refractivity contribution in [3.05, 3.63) is 28.8 Å². The molecule has 0 radical (unpaired) electrons. The van der Waals surface area contributed by atoms with Gasteiger partial charge in [0.05, 0.1) is 0 Å². The van der Waals surface area contributed by atoms with Gasteiger partial charge in [-0.25, -0.2) is 0 Å². The summed E-state index contributed by atoms with van der Waals surface area (Å²) in [7, 11) is 0. The van der Waals surface area contributed by atoms with E-state index in [1.165, 1.54) is 0 Å². The molecular weight excluding hydrogens is 202 g/mol. The number of aliphatic hydroxyl groups is 1. The Morgan fingerprint density at radius 2 is 2.29 bits per heavy atom. The molecule has 2 rings (SSSR count). The van der Waals surface area contributed by atoms with Crippen LogP contribution in [0, 0.1) is 0 Å². The molecule has 1 aromatic carbocycles. The zero-order valence-corrected chi connectivity index (χ0v) is 8.43. The number of amides is 1. The average Bonchev–Trinajstić information content (AvgIpc) is 2.41. The number of carbonyl (C=O) groups is 1. The Hall–Kier alpha value is -1.06. The van der Waals surface area contributed by atoms with Crippen molar-refractivity contribution in [3.63, 3.8) is 0 Å². The van der Waals surface area contributed by atoms with Crippen LogP contribution in [0.15, 0.2) is 18.2 Å².